The molecule has 1 aliphatic carbocycles. The first-order valence-corrected chi connectivity index (χ1v) is 6.78. The number of benzene rings is 1. The van der Waals surface area contributed by atoms with Crippen LogP contribution in [-0.2, 0) is 4.79 Å². The molecule has 1 aromatic rings. The molecule has 0 spiro atoms. The highest BCUT2D eigenvalue weighted by atomic mass is 16.6. The normalized spacial score (nSPS) is 17.5. The lowest BCUT2D eigenvalue weighted by Crippen LogP contribution is -2.52. The number of aryl methyl sites for hydroxylation is 1. The predicted molar refractivity (Wildman–Crippen MR) is 76.5 cm³/mol. The van der Waals surface area contributed by atoms with Crippen LogP contribution in [0.1, 0.15) is 37.7 Å². The largest absolute Gasteiger partial charge is 0.324 e. The van der Waals surface area contributed by atoms with Crippen LogP contribution in [0.4, 0.5) is 11.4 Å². The van der Waals surface area contributed by atoms with E-state index in [-0.39, 0.29) is 11.6 Å². The molecule has 0 heterocycles. The number of hydrogen-bond acceptors (Lipinski definition) is 4. The standard InChI is InChI=1S/C14H19N3O3/c1-10-5-6-11(9-12(10)17(19)20)16-13(18)14(15)7-3-2-4-8-14/h5-6,9H,2-4,7-8,15H2,1H3,(H,16,18). The van der Waals surface area contributed by atoms with Crippen LogP contribution in [0.2, 0.25) is 0 Å². The third-order valence-electron chi connectivity index (χ3n) is 3.86. The van der Waals surface area contributed by atoms with Gasteiger partial charge in [0.15, 0.2) is 0 Å². The van der Waals surface area contributed by atoms with E-state index in [0.717, 1.165) is 19.3 Å². The van der Waals surface area contributed by atoms with Gasteiger partial charge in [-0.05, 0) is 25.8 Å². The van der Waals surface area contributed by atoms with E-state index in [1.54, 1.807) is 19.1 Å². The van der Waals surface area contributed by atoms with Crippen LogP contribution >= 0.6 is 0 Å². The van der Waals surface area contributed by atoms with Gasteiger partial charge in [0.25, 0.3) is 5.69 Å². The van der Waals surface area contributed by atoms with E-state index < -0.39 is 10.5 Å². The molecule has 1 aliphatic rings. The SMILES string of the molecule is Cc1ccc(NC(=O)C2(N)CCCCC2)cc1[N+](=O)[O-]. The summed E-state index contributed by atoms with van der Waals surface area (Å²) in [4.78, 5) is 22.7. The Balaban J connectivity index is 2.15. The Bertz CT molecular complexity index is 536. The number of nitro benzene ring substituents is 1. The maximum Gasteiger partial charge on any atom is 0.274 e. The van der Waals surface area contributed by atoms with Gasteiger partial charge in [-0.25, -0.2) is 0 Å². The quantitative estimate of drug-likeness (QED) is 0.655. The first kappa shape index (κ1) is 14.5. The van der Waals surface area contributed by atoms with Gasteiger partial charge in [-0.15, -0.1) is 0 Å². The van der Waals surface area contributed by atoms with Gasteiger partial charge < -0.3 is 11.1 Å². The van der Waals surface area contributed by atoms with Gasteiger partial charge in [-0.2, -0.15) is 0 Å². The minimum Gasteiger partial charge on any atom is -0.324 e. The summed E-state index contributed by atoms with van der Waals surface area (Å²) in [6, 6.07) is 4.66. The van der Waals surface area contributed by atoms with Crippen molar-refractivity contribution in [2.75, 3.05) is 5.32 Å². The third-order valence-corrected chi connectivity index (χ3v) is 3.86. The smallest absolute Gasteiger partial charge is 0.274 e. The lowest BCUT2D eigenvalue weighted by Gasteiger charge is -2.31. The van der Waals surface area contributed by atoms with Crippen molar-refractivity contribution in [2.45, 2.75) is 44.6 Å². The molecule has 1 aromatic carbocycles. The zero-order valence-electron chi connectivity index (χ0n) is 11.5. The van der Waals surface area contributed by atoms with Crippen LogP contribution < -0.4 is 11.1 Å². The highest BCUT2D eigenvalue weighted by Crippen LogP contribution is 2.28. The topological polar surface area (TPSA) is 98.3 Å². The monoisotopic (exact) mass is 277 g/mol. The van der Waals surface area contributed by atoms with E-state index in [9.17, 15) is 14.9 Å². The maximum atomic E-state index is 12.2. The molecular formula is C14H19N3O3. The molecule has 1 fully saturated rings. The molecular weight excluding hydrogens is 258 g/mol. The average molecular weight is 277 g/mol. The summed E-state index contributed by atoms with van der Waals surface area (Å²) < 4.78 is 0. The minimum atomic E-state index is -0.849. The Morgan fingerprint density at radius 1 is 1.35 bits per heavy atom. The second-order valence-corrected chi connectivity index (χ2v) is 5.43. The second-order valence-electron chi connectivity index (χ2n) is 5.43. The first-order chi connectivity index (χ1) is 9.42. The maximum absolute atomic E-state index is 12.2. The van der Waals surface area contributed by atoms with E-state index in [4.69, 9.17) is 5.73 Å². The van der Waals surface area contributed by atoms with E-state index in [1.807, 2.05) is 0 Å². The lowest BCUT2D eigenvalue weighted by molar-refractivity contribution is -0.385. The van der Waals surface area contributed by atoms with Crippen LogP contribution in [-0.4, -0.2) is 16.4 Å². The van der Waals surface area contributed by atoms with Crippen LogP contribution in [0.5, 0.6) is 0 Å². The van der Waals surface area contributed by atoms with Crippen molar-refractivity contribution < 1.29 is 9.72 Å². The van der Waals surface area contributed by atoms with Crippen LogP contribution in [0.25, 0.3) is 0 Å². The van der Waals surface area contributed by atoms with Gasteiger partial charge in [0, 0.05) is 17.3 Å². The number of nitrogens with two attached hydrogens (primary N) is 1. The fourth-order valence-corrected chi connectivity index (χ4v) is 2.55. The second kappa shape index (κ2) is 5.58. The summed E-state index contributed by atoms with van der Waals surface area (Å²) in [5, 5.41) is 13.6. The molecule has 6 heteroatoms. The molecule has 1 saturated carbocycles. The molecule has 0 aliphatic heterocycles. The van der Waals surface area contributed by atoms with Gasteiger partial charge in [0.1, 0.15) is 0 Å². The van der Waals surface area contributed by atoms with Crippen molar-refractivity contribution in [3.63, 3.8) is 0 Å². The number of anilines is 1. The summed E-state index contributed by atoms with van der Waals surface area (Å²) in [6.45, 7) is 1.66. The zero-order chi connectivity index (χ0) is 14.8. The lowest BCUT2D eigenvalue weighted by atomic mass is 9.82. The summed E-state index contributed by atoms with van der Waals surface area (Å²) in [7, 11) is 0. The summed E-state index contributed by atoms with van der Waals surface area (Å²) in [6.07, 6.45) is 4.30. The van der Waals surface area contributed by atoms with Crippen molar-refractivity contribution in [3.05, 3.63) is 33.9 Å². The average Bonchev–Trinajstić information content (AvgIpc) is 2.41. The van der Waals surface area contributed by atoms with Gasteiger partial charge in [0.2, 0.25) is 5.91 Å². The van der Waals surface area contributed by atoms with Crippen LogP contribution in [0, 0.1) is 17.0 Å². The Kier molecular flexibility index (Phi) is 4.04. The van der Waals surface area contributed by atoms with E-state index in [2.05, 4.69) is 5.32 Å². The van der Waals surface area contributed by atoms with E-state index in [1.165, 1.54) is 6.07 Å². The summed E-state index contributed by atoms with van der Waals surface area (Å²) in [5.74, 6) is -0.254. The molecule has 0 radical (unpaired) electrons. The number of carbonyl (C=O) groups is 1. The number of hydrogen-bond donors (Lipinski definition) is 2. The summed E-state index contributed by atoms with van der Waals surface area (Å²) in [5.41, 5.74) is 6.26. The first-order valence-electron chi connectivity index (χ1n) is 6.78. The molecule has 0 atom stereocenters. The molecule has 0 aromatic heterocycles. The van der Waals surface area contributed by atoms with Crippen molar-refractivity contribution in [1.82, 2.24) is 0 Å². The molecule has 0 saturated heterocycles. The van der Waals surface area contributed by atoms with Crippen molar-refractivity contribution in [1.29, 1.82) is 0 Å². The number of nitrogens with one attached hydrogen (secondary N) is 1. The van der Waals surface area contributed by atoms with Crippen LogP contribution in [0.3, 0.4) is 0 Å². The highest BCUT2D eigenvalue weighted by molar-refractivity contribution is 5.98. The highest BCUT2D eigenvalue weighted by Gasteiger charge is 2.35. The summed E-state index contributed by atoms with van der Waals surface area (Å²) >= 11 is 0. The number of nitro groups is 1. The fourth-order valence-electron chi connectivity index (χ4n) is 2.55. The number of rotatable bonds is 3. The Morgan fingerprint density at radius 3 is 2.60 bits per heavy atom. The Hall–Kier alpha value is -1.95. The van der Waals surface area contributed by atoms with Crippen molar-refractivity contribution >= 4 is 17.3 Å². The zero-order valence-corrected chi connectivity index (χ0v) is 11.5. The minimum absolute atomic E-state index is 0.00230. The van der Waals surface area contributed by atoms with Gasteiger partial charge in [-0.1, -0.05) is 25.3 Å². The Morgan fingerprint density at radius 2 is 2.00 bits per heavy atom. The Labute approximate surface area is 117 Å². The number of nitrogens with zero attached hydrogens (tertiary/aromatic N) is 1. The molecule has 1 amide bonds. The molecule has 20 heavy (non-hydrogen) atoms. The van der Waals surface area contributed by atoms with Crippen molar-refractivity contribution in [3.8, 4) is 0 Å². The third kappa shape index (κ3) is 2.96. The molecule has 2 rings (SSSR count). The molecule has 0 bridgehead atoms. The van der Waals surface area contributed by atoms with Crippen molar-refractivity contribution in [2.24, 2.45) is 5.73 Å². The molecule has 108 valence electrons. The number of amides is 1. The predicted octanol–water partition coefficient (Wildman–Crippen LogP) is 2.50. The molecule has 0 unspecified atom stereocenters. The molecule has 3 N–H and O–H groups in total. The van der Waals surface area contributed by atoms with Crippen LogP contribution in [0.15, 0.2) is 18.2 Å². The number of carbonyl (C=O) groups excluding carboxylic acids is 1. The van der Waals surface area contributed by atoms with Gasteiger partial charge in [0.05, 0.1) is 10.5 Å². The van der Waals surface area contributed by atoms with Gasteiger partial charge in [-0.3, -0.25) is 14.9 Å². The fraction of sp³-hybridized carbons (Fsp3) is 0.500. The molecule has 6 nitrogen and oxygen atoms in total. The van der Waals surface area contributed by atoms with E-state index >= 15 is 0 Å². The van der Waals surface area contributed by atoms with Gasteiger partial charge >= 0.3 is 0 Å². The van der Waals surface area contributed by atoms with E-state index in [0.29, 0.717) is 24.1 Å².